The van der Waals surface area contributed by atoms with E-state index in [1.807, 2.05) is 20.8 Å². The van der Waals surface area contributed by atoms with E-state index in [1.54, 1.807) is 15.8 Å². The standard InChI is InChI=1S/C14H21N3O4/c1-14(2,3)17-8-10(7-15-17)13(20)16-4-5-21-9-11(16)6-12(18)19/h7-8,11H,4-6,9H2,1-3H3,(H,18,19). The largest absolute Gasteiger partial charge is 0.481 e. The van der Waals surface area contributed by atoms with Gasteiger partial charge in [-0.25, -0.2) is 0 Å². The quantitative estimate of drug-likeness (QED) is 0.897. The van der Waals surface area contributed by atoms with Crippen molar-refractivity contribution in [1.29, 1.82) is 0 Å². The van der Waals surface area contributed by atoms with E-state index in [0.717, 1.165) is 0 Å². The molecule has 1 saturated heterocycles. The highest BCUT2D eigenvalue weighted by Gasteiger charge is 2.30. The average molecular weight is 295 g/mol. The molecule has 1 N–H and O–H groups in total. The summed E-state index contributed by atoms with van der Waals surface area (Å²) in [6, 6.07) is -0.429. The molecule has 1 atom stereocenters. The molecule has 1 aromatic rings. The van der Waals surface area contributed by atoms with Crippen molar-refractivity contribution in [3.8, 4) is 0 Å². The van der Waals surface area contributed by atoms with E-state index in [4.69, 9.17) is 9.84 Å². The average Bonchev–Trinajstić information content (AvgIpc) is 2.87. The van der Waals surface area contributed by atoms with E-state index in [0.29, 0.717) is 18.7 Å². The first-order chi connectivity index (χ1) is 9.79. The summed E-state index contributed by atoms with van der Waals surface area (Å²) in [6.07, 6.45) is 3.12. The predicted octanol–water partition coefficient (Wildman–Crippen LogP) is 0.954. The summed E-state index contributed by atoms with van der Waals surface area (Å²) in [7, 11) is 0. The third-order valence-corrected chi connectivity index (χ3v) is 3.42. The van der Waals surface area contributed by atoms with Crippen molar-refractivity contribution in [2.24, 2.45) is 0 Å². The summed E-state index contributed by atoms with van der Waals surface area (Å²) in [6.45, 7) is 7.07. The Morgan fingerprint density at radius 1 is 1.48 bits per heavy atom. The zero-order valence-corrected chi connectivity index (χ0v) is 12.6. The zero-order valence-electron chi connectivity index (χ0n) is 12.6. The Bertz CT molecular complexity index is 533. The smallest absolute Gasteiger partial charge is 0.305 e. The molecule has 2 heterocycles. The molecule has 7 heteroatoms. The highest BCUT2D eigenvalue weighted by Crippen LogP contribution is 2.18. The second-order valence-corrected chi connectivity index (χ2v) is 6.17. The third kappa shape index (κ3) is 3.60. The number of hydrogen-bond donors (Lipinski definition) is 1. The monoisotopic (exact) mass is 295 g/mol. The molecule has 1 amide bonds. The molecule has 21 heavy (non-hydrogen) atoms. The second-order valence-electron chi connectivity index (χ2n) is 6.17. The molecule has 0 bridgehead atoms. The minimum Gasteiger partial charge on any atom is -0.481 e. The van der Waals surface area contributed by atoms with Crippen molar-refractivity contribution < 1.29 is 19.4 Å². The summed E-state index contributed by atoms with van der Waals surface area (Å²) in [5.41, 5.74) is 0.270. The fourth-order valence-corrected chi connectivity index (χ4v) is 2.26. The van der Waals surface area contributed by atoms with Crippen molar-refractivity contribution in [3.05, 3.63) is 18.0 Å². The molecular formula is C14H21N3O4. The molecule has 2 rings (SSSR count). The normalized spacial score (nSPS) is 19.6. The first kappa shape index (κ1) is 15.5. The molecule has 0 spiro atoms. The Hall–Kier alpha value is -1.89. The second kappa shape index (κ2) is 5.85. The molecule has 1 aliphatic rings. The van der Waals surface area contributed by atoms with Gasteiger partial charge in [0.1, 0.15) is 0 Å². The van der Waals surface area contributed by atoms with E-state index < -0.39 is 12.0 Å². The van der Waals surface area contributed by atoms with Crippen LogP contribution in [0.4, 0.5) is 0 Å². The van der Waals surface area contributed by atoms with E-state index in [-0.39, 0.29) is 24.5 Å². The number of ether oxygens (including phenoxy) is 1. The van der Waals surface area contributed by atoms with Crippen LogP contribution in [0.25, 0.3) is 0 Å². The maximum absolute atomic E-state index is 12.6. The highest BCUT2D eigenvalue weighted by atomic mass is 16.5. The lowest BCUT2D eigenvalue weighted by molar-refractivity contribution is -0.139. The molecular weight excluding hydrogens is 274 g/mol. The number of carbonyl (C=O) groups excluding carboxylic acids is 1. The van der Waals surface area contributed by atoms with Gasteiger partial charge in [0.15, 0.2) is 0 Å². The number of aliphatic carboxylic acids is 1. The molecule has 0 saturated carbocycles. The van der Waals surface area contributed by atoms with Crippen molar-refractivity contribution in [2.45, 2.75) is 38.8 Å². The van der Waals surface area contributed by atoms with Crippen LogP contribution in [0.3, 0.4) is 0 Å². The number of nitrogens with zero attached hydrogens (tertiary/aromatic N) is 3. The Balaban J connectivity index is 2.17. The van der Waals surface area contributed by atoms with Gasteiger partial charge in [-0.3, -0.25) is 14.3 Å². The molecule has 1 fully saturated rings. The van der Waals surface area contributed by atoms with Crippen molar-refractivity contribution >= 4 is 11.9 Å². The lowest BCUT2D eigenvalue weighted by Gasteiger charge is -2.34. The molecule has 116 valence electrons. The number of carboxylic acid groups (broad SMARTS) is 1. The van der Waals surface area contributed by atoms with Gasteiger partial charge in [0.2, 0.25) is 0 Å². The molecule has 7 nitrogen and oxygen atoms in total. The predicted molar refractivity (Wildman–Crippen MR) is 75.1 cm³/mol. The summed E-state index contributed by atoms with van der Waals surface area (Å²) in [5, 5.41) is 13.1. The van der Waals surface area contributed by atoms with Crippen LogP contribution in [0.1, 0.15) is 37.6 Å². The number of carboxylic acids is 1. The van der Waals surface area contributed by atoms with Crippen molar-refractivity contribution in [1.82, 2.24) is 14.7 Å². The van der Waals surface area contributed by atoms with Crippen LogP contribution in [0.2, 0.25) is 0 Å². The fraction of sp³-hybridized carbons (Fsp3) is 0.643. The summed E-state index contributed by atoms with van der Waals surface area (Å²) < 4.78 is 7.01. The minimum absolute atomic E-state index is 0.112. The first-order valence-electron chi connectivity index (χ1n) is 6.94. The van der Waals surface area contributed by atoms with Gasteiger partial charge in [-0.2, -0.15) is 5.10 Å². The van der Waals surface area contributed by atoms with Crippen molar-refractivity contribution in [3.63, 3.8) is 0 Å². The molecule has 0 aromatic carbocycles. The van der Waals surface area contributed by atoms with Gasteiger partial charge in [-0.1, -0.05) is 0 Å². The summed E-state index contributed by atoms with van der Waals surface area (Å²) in [5.74, 6) is -1.13. The van der Waals surface area contributed by atoms with Crippen LogP contribution in [0, 0.1) is 0 Å². The van der Waals surface area contributed by atoms with Crippen LogP contribution in [0.15, 0.2) is 12.4 Å². The van der Waals surface area contributed by atoms with Gasteiger partial charge in [0.25, 0.3) is 5.91 Å². The lowest BCUT2D eigenvalue weighted by atomic mass is 10.1. The Morgan fingerprint density at radius 2 is 2.19 bits per heavy atom. The number of carbonyl (C=O) groups is 2. The summed E-state index contributed by atoms with van der Waals surface area (Å²) in [4.78, 5) is 25.0. The van der Waals surface area contributed by atoms with Gasteiger partial charge in [-0.15, -0.1) is 0 Å². The topological polar surface area (TPSA) is 84.7 Å². The number of morpholine rings is 1. The maximum Gasteiger partial charge on any atom is 0.305 e. The zero-order chi connectivity index (χ0) is 15.6. The van der Waals surface area contributed by atoms with E-state index in [9.17, 15) is 9.59 Å². The summed E-state index contributed by atoms with van der Waals surface area (Å²) >= 11 is 0. The fourth-order valence-electron chi connectivity index (χ4n) is 2.26. The lowest BCUT2D eigenvalue weighted by Crippen LogP contribution is -2.49. The number of amides is 1. The van der Waals surface area contributed by atoms with Gasteiger partial charge < -0.3 is 14.7 Å². The van der Waals surface area contributed by atoms with Crippen molar-refractivity contribution in [2.75, 3.05) is 19.8 Å². The van der Waals surface area contributed by atoms with Gasteiger partial charge in [0.05, 0.1) is 43.0 Å². The molecule has 1 unspecified atom stereocenters. The number of aromatic nitrogens is 2. The van der Waals surface area contributed by atoms with E-state index >= 15 is 0 Å². The third-order valence-electron chi connectivity index (χ3n) is 3.42. The van der Waals surface area contributed by atoms with Crippen LogP contribution in [-0.4, -0.2) is 57.5 Å². The molecule has 1 aliphatic heterocycles. The van der Waals surface area contributed by atoms with Crippen LogP contribution in [0.5, 0.6) is 0 Å². The first-order valence-corrected chi connectivity index (χ1v) is 6.94. The Morgan fingerprint density at radius 3 is 2.76 bits per heavy atom. The van der Waals surface area contributed by atoms with Crippen LogP contribution >= 0.6 is 0 Å². The van der Waals surface area contributed by atoms with Gasteiger partial charge in [-0.05, 0) is 20.8 Å². The number of hydrogen-bond acceptors (Lipinski definition) is 4. The number of rotatable bonds is 3. The van der Waals surface area contributed by atoms with E-state index in [1.165, 1.54) is 6.20 Å². The molecule has 0 radical (unpaired) electrons. The maximum atomic E-state index is 12.6. The Labute approximate surface area is 123 Å². The van der Waals surface area contributed by atoms with Gasteiger partial charge in [0, 0.05) is 12.7 Å². The Kier molecular flexibility index (Phi) is 4.32. The minimum atomic E-state index is -0.936. The molecule has 1 aromatic heterocycles. The van der Waals surface area contributed by atoms with E-state index in [2.05, 4.69) is 5.10 Å². The van der Waals surface area contributed by atoms with Crippen LogP contribution < -0.4 is 0 Å². The highest BCUT2D eigenvalue weighted by molar-refractivity contribution is 5.94. The molecule has 0 aliphatic carbocycles. The SMILES string of the molecule is CC(C)(C)n1cc(C(=O)N2CCOCC2CC(=O)O)cn1. The van der Waals surface area contributed by atoms with Crippen LogP contribution in [-0.2, 0) is 15.1 Å². The van der Waals surface area contributed by atoms with Gasteiger partial charge >= 0.3 is 5.97 Å².